The van der Waals surface area contributed by atoms with Gasteiger partial charge in [-0.05, 0) is 111 Å². The smallest absolute Gasteiger partial charge is 0.241 e. The lowest BCUT2D eigenvalue weighted by molar-refractivity contribution is -0.123. The van der Waals surface area contributed by atoms with E-state index >= 15 is 0 Å². The van der Waals surface area contributed by atoms with E-state index in [0.717, 1.165) is 39.1 Å². The van der Waals surface area contributed by atoms with Gasteiger partial charge in [0, 0.05) is 39.2 Å². The van der Waals surface area contributed by atoms with Gasteiger partial charge in [0.25, 0.3) is 0 Å². The Morgan fingerprint density at radius 2 is 1.46 bits per heavy atom. The van der Waals surface area contributed by atoms with Crippen LogP contribution in [0.4, 0.5) is 11.4 Å². The molecule has 48 heavy (non-hydrogen) atoms. The number of carbonyl (C=O) groups excluding carboxylic acids is 2. The number of nitrogens with zero attached hydrogens (tertiary/aromatic N) is 2. The summed E-state index contributed by atoms with van der Waals surface area (Å²) in [6.45, 7) is 7.68. The van der Waals surface area contributed by atoms with Gasteiger partial charge in [-0.25, -0.2) is 4.98 Å². The summed E-state index contributed by atoms with van der Waals surface area (Å²) in [6, 6.07) is 35.0. The van der Waals surface area contributed by atoms with Gasteiger partial charge in [-0.2, -0.15) is 0 Å². The van der Waals surface area contributed by atoms with Crippen LogP contribution in [0.1, 0.15) is 44.4 Å². The number of halogens is 2. The molecule has 8 heteroatoms. The van der Waals surface area contributed by atoms with Gasteiger partial charge in [0.15, 0.2) is 5.58 Å². The van der Waals surface area contributed by atoms with E-state index in [2.05, 4.69) is 4.98 Å². The van der Waals surface area contributed by atoms with E-state index in [9.17, 15) is 14.7 Å². The van der Waals surface area contributed by atoms with Gasteiger partial charge in [0.2, 0.25) is 11.8 Å². The molecule has 0 aliphatic carbocycles. The molecule has 7 rings (SSSR count). The van der Waals surface area contributed by atoms with Crippen molar-refractivity contribution < 1.29 is 19.1 Å². The van der Waals surface area contributed by atoms with E-state index in [0.29, 0.717) is 27.9 Å². The number of phenols is 1. The molecule has 0 saturated heterocycles. The molecule has 0 atom stereocenters. The van der Waals surface area contributed by atoms with Crippen LogP contribution >= 0.6 is 23.2 Å². The summed E-state index contributed by atoms with van der Waals surface area (Å²) in [5.41, 5.74) is 5.46. The summed E-state index contributed by atoms with van der Waals surface area (Å²) in [4.78, 5) is 32.1. The number of phenolic OH excluding ortho intramolecular Hbond substituents is 1. The summed E-state index contributed by atoms with van der Waals surface area (Å²) in [5, 5.41) is 10.6. The monoisotopic (exact) mass is 676 g/mol. The zero-order valence-electron chi connectivity index (χ0n) is 27.0. The average molecular weight is 678 g/mol. The number of ketones is 1. The first-order valence-electron chi connectivity index (χ1n) is 15.5. The molecule has 5 aromatic carbocycles. The highest BCUT2D eigenvalue weighted by Crippen LogP contribution is 2.47. The summed E-state index contributed by atoms with van der Waals surface area (Å²) in [7, 11) is 0. The van der Waals surface area contributed by atoms with Crippen LogP contribution in [0, 0.1) is 0 Å². The quantitative estimate of drug-likeness (QED) is 0.190. The molecule has 1 amide bonds. The number of hydrogen-bond acceptors (Lipinski definition) is 5. The molecule has 1 aromatic heterocycles. The lowest BCUT2D eigenvalue weighted by atomic mass is 9.78. The van der Waals surface area contributed by atoms with Gasteiger partial charge < -0.3 is 9.52 Å². The van der Waals surface area contributed by atoms with E-state index in [4.69, 9.17) is 27.6 Å². The zero-order valence-corrected chi connectivity index (χ0v) is 28.5. The molecule has 6 aromatic rings. The summed E-state index contributed by atoms with van der Waals surface area (Å²) in [6.07, 6.45) is 0.366. The minimum atomic E-state index is -0.658. The van der Waals surface area contributed by atoms with Crippen molar-refractivity contribution in [3.05, 3.63) is 142 Å². The molecule has 0 unspecified atom stereocenters. The van der Waals surface area contributed by atoms with Crippen LogP contribution in [0.3, 0.4) is 0 Å². The zero-order chi connectivity index (χ0) is 34.2. The molecule has 0 radical (unpaired) electrons. The maximum Gasteiger partial charge on any atom is 0.241 e. The van der Waals surface area contributed by atoms with Crippen molar-refractivity contribution in [2.75, 3.05) is 4.90 Å². The van der Waals surface area contributed by atoms with Gasteiger partial charge in [0.1, 0.15) is 17.0 Å². The fourth-order valence-corrected chi connectivity index (χ4v) is 6.00. The van der Waals surface area contributed by atoms with Crippen LogP contribution < -0.4 is 4.90 Å². The van der Waals surface area contributed by atoms with Crippen LogP contribution in [0.25, 0.3) is 22.6 Å². The number of fused-ring (bicyclic) bond motifs is 2. The summed E-state index contributed by atoms with van der Waals surface area (Å²) >= 11 is 11.9. The fraction of sp³-hybridized carbons (Fsp3) is 0.175. The van der Waals surface area contributed by atoms with Crippen LogP contribution in [0.2, 0.25) is 10.0 Å². The molecule has 1 aliphatic heterocycles. The van der Waals surface area contributed by atoms with Crippen LogP contribution in [-0.4, -0.2) is 21.8 Å². The maximum absolute atomic E-state index is 13.2. The predicted molar refractivity (Wildman–Crippen MR) is 192 cm³/mol. The molecular formula is C40H34Cl2N2O4. The first-order chi connectivity index (χ1) is 22.8. The Hall–Kier alpha value is -4.91. The number of oxazole rings is 1. The maximum atomic E-state index is 13.2. The number of rotatable bonds is 6. The van der Waals surface area contributed by atoms with Gasteiger partial charge in [-0.3, -0.25) is 14.5 Å². The Kier molecular flexibility index (Phi) is 8.90. The third-order valence-electron chi connectivity index (χ3n) is 8.83. The number of amides is 1. The second-order valence-corrected chi connectivity index (χ2v) is 13.7. The Bertz CT molecular complexity index is 2100. The minimum Gasteiger partial charge on any atom is -0.508 e. The summed E-state index contributed by atoms with van der Waals surface area (Å²) in [5.74, 6) is 0.919. The molecule has 0 spiro atoms. The van der Waals surface area contributed by atoms with Gasteiger partial charge in [0.05, 0.1) is 11.1 Å². The Labute approximate surface area is 289 Å². The number of carbonyl (C=O) groups is 2. The van der Waals surface area contributed by atoms with Crippen LogP contribution in [0.15, 0.2) is 120 Å². The van der Waals surface area contributed by atoms with Crippen molar-refractivity contribution in [3.63, 3.8) is 0 Å². The van der Waals surface area contributed by atoms with Crippen molar-refractivity contribution in [1.29, 1.82) is 0 Å². The average Bonchev–Trinajstić information content (AvgIpc) is 3.58. The second kappa shape index (κ2) is 12.9. The Balaban J connectivity index is 0.000000178. The third-order valence-corrected chi connectivity index (χ3v) is 9.33. The topological polar surface area (TPSA) is 83.6 Å². The molecule has 242 valence electrons. The number of aromatic nitrogens is 1. The number of hydrogen-bond donors (Lipinski definition) is 1. The van der Waals surface area contributed by atoms with E-state index in [1.807, 2.05) is 94.4 Å². The molecule has 1 N–H and O–H groups in total. The Morgan fingerprint density at radius 3 is 2.08 bits per heavy atom. The largest absolute Gasteiger partial charge is 0.508 e. The van der Waals surface area contributed by atoms with Crippen molar-refractivity contribution in [3.8, 4) is 17.2 Å². The first-order valence-corrected chi connectivity index (χ1v) is 16.3. The molecule has 0 fully saturated rings. The first kappa shape index (κ1) is 33.0. The van der Waals surface area contributed by atoms with E-state index in [1.54, 1.807) is 53.4 Å². The fourth-order valence-electron chi connectivity index (χ4n) is 5.75. The van der Waals surface area contributed by atoms with Gasteiger partial charge in [-0.1, -0.05) is 65.7 Å². The number of benzene rings is 5. The van der Waals surface area contributed by atoms with Gasteiger partial charge >= 0.3 is 0 Å². The molecule has 2 heterocycles. The lowest BCUT2D eigenvalue weighted by Crippen LogP contribution is -2.33. The lowest BCUT2D eigenvalue weighted by Gasteiger charge is -2.24. The molecule has 0 saturated carbocycles. The molecular weight excluding hydrogens is 643 g/mol. The van der Waals surface area contributed by atoms with E-state index in [-0.39, 0.29) is 17.4 Å². The molecule has 1 aliphatic rings. The van der Waals surface area contributed by atoms with E-state index in [1.165, 1.54) is 0 Å². The second-order valence-electron chi connectivity index (χ2n) is 12.9. The normalized spacial score (nSPS) is 13.6. The summed E-state index contributed by atoms with van der Waals surface area (Å²) < 4.78 is 6.02. The highest BCUT2D eigenvalue weighted by molar-refractivity contribution is 6.31. The number of anilines is 2. The van der Waals surface area contributed by atoms with Crippen molar-refractivity contribution >= 4 is 57.4 Å². The Morgan fingerprint density at radius 1 is 0.854 bits per heavy atom. The highest BCUT2D eigenvalue weighted by Gasteiger charge is 2.45. The number of Topliss-reactive ketones (excluding diaryl/α,β-unsaturated/α-hetero) is 1. The van der Waals surface area contributed by atoms with Crippen LogP contribution in [-0.2, 0) is 26.8 Å². The highest BCUT2D eigenvalue weighted by atomic mass is 35.5. The van der Waals surface area contributed by atoms with Crippen molar-refractivity contribution in [2.24, 2.45) is 0 Å². The van der Waals surface area contributed by atoms with E-state index < -0.39 is 10.8 Å². The van der Waals surface area contributed by atoms with Crippen molar-refractivity contribution in [1.82, 2.24) is 4.98 Å². The van der Waals surface area contributed by atoms with Crippen LogP contribution in [0.5, 0.6) is 5.75 Å². The molecule has 0 bridgehead atoms. The standard InChI is InChI=1S/C23H17ClN2O2.C17H17ClO2/c1-23(2)17-12-18-20(28-21(25-18)14-6-4-3-5-7-14)13-19(17)26(22(23)27)16-10-8-15(24)9-11-16;1-17(2,13-5-9-15(19)10-6-13)16(20)11-12-3-7-14(18)8-4-12/h3-13H,1-2H3;3-10,19H,11H2,1-2H3. The minimum absolute atomic E-state index is 0.0146. The SMILES string of the molecule is CC(C)(C(=O)Cc1ccc(Cl)cc1)c1ccc(O)cc1.CC1(C)C(=O)N(c2ccc(Cl)cc2)c2cc3oc(-c4ccccc4)nc3cc21. The molecule has 6 nitrogen and oxygen atoms in total. The third kappa shape index (κ3) is 6.46. The van der Waals surface area contributed by atoms with Crippen molar-refractivity contribution in [2.45, 2.75) is 44.9 Å². The van der Waals surface area contributed by atoms with Gasteiger partial charge in [-0.15, -0.1) is 0 Å². The predicted octanol–water partition coefficient (Wildman–Crippen LogP) is 10.2. The number of aromatic hydroxyl groups is 1.